The Kier molecular flexibility index (Phi) is 3.60. The molecule has 0 saturated heterocycles. The molecule has 1 aromatic carbocycles. The number of hydrogen-bond acceptors (Lipinski definition) is 2. The van der Waals surface area contributed by atoms with Gasteiger partial charge in [-0.2, -0.15) is 0 Å². The van der Waals surface area contributed by atoms with E-state index in [4.69, 9.17) is 4.42 Å². The number of rotatable bonds is 4. The second kappa shape index (κ2) is 5.17. The van der Waals surface area contributed by atoms with Crippen LogP contribution in [0.4, 0.5) is 4.39 Å². The number of aryl methyl sites for hydroxylation is 2. The van der Waals surface area contributed by atoms with Gasteiger partial charge in [-0.15, -0.1) is 0 Å². The number of carbonyl (C=O) groups excluding carboxylic acids is 1. The van der Waals surface area contributed by atoms with Crippen LogP contribution in [0, 0.1) is 12.7 Å². The minimum atomic E-state index is -0.277. The summed E-state index contributed by atoms with van der Waals surface area (Å²) in [7, 11) is 0. The summed E-state index contributed by atoms with van der Waals surface area (Å²) in [4.78, 5) is 12.1. The van der Waals surface area contributed by atoms with E-state index >= 15 is 0 Å². The first-order valence-electron chi connectivity index (χ1n) is 5.96. The van der Waals surface area contributed by atoms with Crippen LogP contribution >= 0.6 is 0 Å². The molecule has 0 fully saturated rings. The van der Waals surface area contributed by atoms with Gasteiger partial charge in [-0.3, -0.25) is 4.79 Å². The SMILES string of the molecule is CCc1occc1C(=O)Cc1ccc(F)cc1C. The summed E-state index contributed by atoms with van der Waals surface area (Å²) in [6.45, 7) is 3.75. The standard InChI is InChI=1S/C15H15FO2/c1-3-15-13(6-7-18-15)14(17)9-11-4-5-12(16)8-10(11)2/h4-8H,3,9H2,1-2H3. The molecule has 3 heteroatoms. The lowest BCUT2D eigenvalue weighted by molar-refractivity contribution is 0.0991. The van der Waals surface area contributed by atoms with Crippen molar-refractivity contribution in [2.45, 2.75) is 26.7 Å². The van der Waals surface area contributed by atoms with Crippen molar-refractivity contribution in [3.63, 3.8) is 0 Å². The van der Waals surface area contributed by atoms with Gasteiger partial charge in [-0.05, 0) is 36.2 Å². The van der Waals surface area contributed by atoms with Gasteiger partial charge in [0.1, 0.15) is 11.6 Å². The van der Waals surface area contributed by atoms with E-state index in [1.165, 1.54) is 18.4 Å². The van der Waals surface area contributed by atoms with Gasteiger partial charge in [0.05, 0.1) is 11.8 Å². The number of Topliss-reactive ketones (excluding diaryl/α,β-unsaturated/α-hetero) is 1. The minimum absolute atomic E-state index is 0.00954. The predicted molar refractivity (Wildman–Crippen MR) is 67.3 cm³/mol. The summed E-state index contributed by atoms with van der Waals surface area (Å²) < 4.78 is 18.2. The summed E-state index contributed by atoms with van der Waals surface area (Å²) in [6.07, 6.45) is 2.50. The number of halogens is 1. The van der Waals surface area contributed by atoms with E-state index < -0.39 is 0 Å². The van der Waals surface area contributed by atoms with Gasteiger partial charge in [-0.1, -0.05) is 13.0 Å². The van der Waals surface area contributed by atoms with Crippen molar-refractivity contribution in [2.75, 3.05) is 0 Å². The highest BCUT2D eigenvalue weighted by atomic mass is 19.1. The Morgan fingerprint density at radius 2 is 2.11 bits per heavy atom. The van der Waals surface area contributed by atoms with Crippen molar-refractivity contribution in [2.24, 2.45) is 0 Å². The number of benzene rings is 1. The predicted octanol–water partition coefficient (Wildman–Crippen LogP) is 3.71. The molecule has 94 valence electrons. The Morgan fingerprint density at radius 1 is 1.33 bits per heavy atom. The van der Waals surface area contributed by atoms with Crippen LogP contribution in [0.3, 0.4) is 0 Å². The maximum Gasteiger partial charge on any atom is 0.170 e. The van der Waals surface area contributed by atoms with Crippen LogP contribution in [0.2, 0.25) is 0 Å². The fourth-order valence-electron chi connectivity index (χ4n) is 1.99. The molecule has 2 rings (SSSR count). The summed E-state index contributed by atoms with van der Waals surface area (Å²) >= 11 is 0. The zero-order valence-corrected chi connectivity index (χ0v) is 10.5. The van der Waals surface area contributed by atoms with E-state index in [1.807, 2.05) is 13.8 Å². The highest BCUT2D eigenvalue weighted by molar-refractivity contribution is 5.98. The zero-order valence-electron chi connectivity index (χ0n) is 10.5. The lowest BCUT2D eigenvalue weighted by Crippen LogP contribution is -2.06. The number of furan rings is 1. The molecule has 0 spiro atoms. The zero-order chi connectivity index (χ0) is 13.1. The van der Waals surface area contributed by atoms with Gasteiger partial charge in [0.2, 0.25) is 0 Å². The first-order valence-corrected chi connectivity index (χ1v) is 5.96. The smallest absolute Gasteiger partial charge is 0.170 e. The third-order valence-corrected chi connectivity index (χ3v) is 3.02. The van der Waals surface area contributed by atoms with Crippen LogP contribution in [0.15, 0.2) is 34.9 Å². The van der Waals surface area contributed by atoms with E-state index in [-0.39, 0.29) is 18.0 Å². The Hall–Kier alpha value is -1.90. The molecule has 1 aromatic heterocycles. The van der Waals surface area contributed by atoms with Crippen molar-refractivity contribution < 1.29 is 13.6 Å². The first kappa shape index (κ1) is 12.6. The van der Waals surface area contributed by atoms with Crippen LogP contribution in [0.25, 0.3) is 0 Å². The molecule has 0 radical (unpaired) electrons. The van der Waals surface area contributed by atoms with E-state index in [0.717, 1.165) is 11.1 Å². The lowest BCUT2D eigenvalue weighted by atomic mass is 9.99. The highest BCUT2D eigenvalue weighted by Gasteiger charge is 2.14. The molecule has 0 aliphatic rings. The molecule has 0 atom stereocenters. The molecule has 0 amide bonds. The van der Waals surface area contributed by atoms with Crippen LogP contribution < -0.4 is 0 Å². The summed E-state index contributed by atoms with van der Waals surface area (Å²) in [6, 6.07) is 6.18. The maximum atomic E-state index is 13.0. The summed E-state index contributed by atoms with van der Waals surface area (Å²) in [5, 5.41) is 0. The van der Waals surface area contributed by atoms with Gasteiger partial charge in [-0.25, -0.2) is 4.39 Å². The minimum Gasteiger partial charge on any atom is -0.469 e. The average molecular weight is 246 g/mol. The van der Waals surface area contributed by atoms with Gasteiger partial charge in [0.15, 0.2) is 5.78 Å². The van der Waals surface area contributed by atoms with Crippen LogP contribution in [0.1, 0.15) is 34.2 Å². The Labute approximate surface area is 105 Å². The molecule has 18 heavy (non-hydrogen) atoms. The van der Waals surface area contributed by atoms with Crippen molar-refractivity contribution in [1.29, 1.82) is 0 Å². The molecular formula is C15H15FO2. The molecule has 2 nitrogen and oxygen atoms in total. The maximum absolute atomic E-state index is 13.0. The molecule has 0 aliphatic heterocycles. The topological polar surface area (TPSA) is 30.2 Å². The van der Waals surface area contributed by atoms with E-state index in [0.29, 0.717) is 17.7 Å². The molecule has 1 heterocycles. The largest absolute Gasteiger partial charge is 0.469 e. The van der Waals surface area contributed by atoms with Crippen molar-refractivity contribution >= 4 is 5.78 Å². The Balaban J connectivity index is 2.21. The van der Waals surface area contributed by atoms with E-state index in [9.17, 15) is 9.18 Å². The third-order valence-electron chi connectivity index (χ3n) is 3.02. The first-order chi connectivity index (χ1) is 8.61. The van der Waals surface area contributed by atoms with Crippen LogP contribution in [0.5, 0.6) is 0 Å². The second-order valence-corrected chi connectivity index (χ2v) is 4.28. The van der Waals surface area contributed by atoms with Gasteiger partial charge in [0, 0.05) is 12.8 Å². The van der Waals surface area contributed by atoms with Crippen LogP contribution in [-0.2, 0) is 12.8 Å². The highest BCUT2D eigenvalue weighted by Crippen LogP contribution is 2.17. The molecule has 0 N–H and O–H groups in total. The molecule has 0 saturated carbocycles. The fourth-order valence-corrected chi connectivity index (χ4v) is 1.99. The average Bonchev–Trinajstić information content (AvgIpc) is 2.81. The number of hydrogen-bond donors (Lipinski definition) is 0. The fraction of sp³-hybridized carbons (Fsp3) is 0.267. The monoisotopic (exact) mass is 246 g/mol. The van der Waals surface area contributed by atoms with Gasteiger partial charge < -0.3 is 4.42 Å². The van der Waals surface area contributed by atoms with Crippen molar-refractivity contribution in [3.05, 3.63) is 58.8 Å². The Morgan fingerprint density at radius 3 is 2.78 bits per heavy atom. The van der Waals surface area contributed by atoms with Crippen molar-refractivity contribution in [1.82, 2.24) is 0 Å². The number of ketones is 1. The molecule has 0 unspecified atom stereocenters. The van der Waals surface area contributed by atoms with Gasteiger partial charge in [0.25, 0.3) is 0 Å². The van der Waals surface area contributed by atoms with E-state index in [1.54, 1.807) is 12.1 Å². The molecule has 0 bridgehead atoms. The normalized spacial score (nSPS) is 10.6. The Bertz CT molecular complexity index is 570. The lowest BCUT2D eigenvalue weighted by Gasteiger charge is -2.05. The quantitative estimate of drug-likeness (QED) is 0.770. The number of carbonyl (C=O) groups is 1. The summed E-state index contributed by atoms with van der Waals surface area (Å²) in [5.41, 5.74) is 2.27. The molecule has 0 aliphatic carbocycles. The second-order valence-electron chi connectivity index (χ2n) is 4.28. The van der Waals surface area contributed by atoms with Crippen LogP contribution in [-0.4, -0.2) is 5.78 Å². The van der Waals surface area contributed by atoms with Gasteiger partial charge >= 0.3 is 0 Å². The van der Waals surface area contributed by atoms with E-state index in [2.05, 4.69) is 0 Å². The molecular weight excluding hydrogens is 231 g/mol. The summed E-state index contributed by atoms with van der Waals surface area (Å²) in [5.74, 6) is 0.441. The molecule has 2 aromatic rings. The third kappa shape index (κ3) is 2.50. The van der Waals surface area contributed by atoms with Crippen molar-refractivity contribution in [3.8, 4) is 0 Å².